The predicted octanol–water partition coefficient (Wildman–Crippen LogP) is 2.30. The van der Waals surface area contributed by atoms with E-state index in [0.29, 0.717) is 12.0 Å². The number of rotatable bonds is 9. The average Bonchev–Trinajstić information content (AvgIpc) is 2.31. The molecule has 0 spiro atoms. The van der Waals surface area contributed by atoms with Crippen molar-refractivity contribution in [1.82, 2.24) is 5.32 Å². The van der Waals surface area contributed by atoms with E-state index in [1.165, 1.54) is 23.9 Å². The van der Waals surface area contributed by atoms with Gasteiger partial charge in [-0.3, -0.25) is 4.79 Å². The van der Waals surface area contributed by atoms with Crippen molar-refractivity contribution in [3.8, 4) is 0 Å². The van der Waals surface area contributed by atoms with Gasteiger partial charge in [0.05, 0.1) is 5.75 Å². The van der Waals surface area contributed by atoms with Crippen molar-refractivity contribution in [2.45, 2.75) is 12.8 Å². The Labute approximate surface area is 115 Å². The molecular formula is C13H17F2NO2S. The number of aliphatic carboxylic acids is 1. The summed E-state index contributed by atoms with van der Waals surface area (Å²) in [4.78, 5) is 10.2. The monoisotopic (exact) mass is 289 g/mol. The Hall–Kier alpha value is -1.14. The number of nitrogens with one attached hydrogen (secondary N) is 1. The molecule has 1 aromatic rings. The third kappa shape index (κ3) is 7.79. The van der Waals surface area contributed by atoms with Crippen LogP contribution in [0.4, 0.5) is 8.78 Å². The quantitative estimate of drug-likeness (QED) is 0.685. The molecule has 0 aliphatic heterocycles. The van der Waals surface area contributed by atoms with Crippen LogP contribution in [0.1, 0.15) is 12.0 Å². The van der Waals surface area contributed by atoms with E-state index < -0.39 is 17.6 Å². The van der Waals surface area contributed by atoms with Gasteiger partial charge in [0.2, 0.25) is 0 Å². The zero-order valence-electron chi connectivity index (χ0n) is 10.5. The Morgan fingerprint density at radius 1 is 1.21 bits per heavy atom. The lowest BCUT2D eigenvalue weighted by atomic mass is 10.1. The van der Waals surface area contributed by atoms with Crippen LogP contribution in [0.25, 0.3) is 0 Å². The lowest BCUT2D eigenvalue weighted by Gasteiger charge is -2.05. The lowest BCUT2D eigenvalue weighted by molar-refractivity contribution is -0.133. The van der Waals surface area contributed by atoms with Gasteiger partial charge < -0.3 is 10.4 Å². The number of carboxylic acid groups (broad SMARTS) is 1. The van der Waals surface area contributed by atoms with E-state index in [2.05, 4.69) is 5.32 Å². The van der Waals surface area contributed by atoms with E-state index in [9.17, 15) is 13.6 Å². The number of aryl methyl sites for hydroxylation is 1. The summed E-state index contributed by atoms with van der Waals surface area (Å²) in [6, 6.07) is 3.54. The largest absolute Gasteiger partial charge is 0.481 e. The van der Waals surface area contributed by atoms with Crippen LogP contribution in [0.2, 0.25) is 0 Å². The van der Waals surface area contributed by atoms with Crippen molar-refractivity contribution in [2.24, 2.45) is 0 Å². The van der Waals surface area contributed by atoms with E-state index >= 15 is 0 Å². The Morgan fingerprint density at radius 3 is 2.53 bits per heavy atom. The molecule has 0 fully saturated rings. The Morgan fingerprint density at radius 2 is 1.89 bits per heavy atom. The first-order chi connectivity index (χ1) is 9.08. The highest BCUT2D eigenvalue weighted by Crippen LogP contribution is 2.09. The van der Waals surface area contributed by atoms with Crippen LogP contribution in [0.3, 0.4) is 0 Å². The molecule has 2 N–H and O–H groups in total. The number of halogens is 2. The summed E-state index contributed by atoms with van der Waals surface area (Å²) in [5.74, 6) is -1.05. The van der Waals surface area contributed by atoms with E-state index in [-0.39, 0.29) is 5.75 Å². The smallest absolute Gasteiger partial charge is 0.313 e. The number of carbonyl (C=O) groups is 1. The lowest BCUT2D eigenvalue weighted by Crippen LogP contribution is -2.19. The second-order valence-electron chi connectivity index (χ2n) is 4.08. The highest BCUT2D eigenvalue weighted by molar-refractivity contribution is 7.99. The summed E-state index contributed by atoms with van der Waals surface area (Å²) in [6.45, 7) is 1.47. The molecule has 0 amide bonds. The topological polar surface area (TPSA) is 49.3 Å². The molecule has 0 aliphatic carbocycles. The maximum atomic E-state index is 12.9. The van der Waals surface area contributed by atoms with Crippen molar-refractivity contribution < 1.29 is 18.7 Å². The molecule has 0 atom stereocenters. The maximum absolute atomic E-state index is 12.9. The van der Waals surface area contributed by atoms with Gasteiger partial charge in [-0.1, -0.05) is 0 Å². The molecule has 106 valence electrons. The first-order valence-electron chi connectivity index (χ1n) is 6.03. The fourth-order valence-electron chi connectivity index (χ4n) is 1.60. The Bertz CT molecular complexity index is 395. The molecule has 0 saturated carbocycles. The van der Waals surface area contributed by atoms with Gasteiger partial charge in [0.15, 0.2) is 0 Å². The molecule has 6 heteroatoms. The SMILES string of the molecule is O=C(O)CSCCNCCCc1cc(F)cc(F)c1. The third-order valence-electron chi connectivity index (χ3n) is 2.39. The first kappa shape index (κ1) is 15.9. The molecule has 0 aromatic heterocycles. The number of benzene rings is 1. The maximum Gasteiger partial charge on any atom is 0.313 e. The number of carboxylic acids is 1. The molecule has 0 heterocycles. The van der Waals surface area contributed by atoms with Crippen LogP contribution in [0.15, 0.2) is 18.2 Å². The summed E-state index contributed by atoms with van der Waals surface area (Å²) in [5.41, 5.74) is 0.652. The van der Waals surface area contributed by atoms with E-state index in [4.69, 9.17) is 5.11 Å². The van der Waals surface area contributed by atoms with Crippen molar-refractivity contribution >= 4 is 17.7 Å². The van der Waals surface area contributed by atoms with Gasteiger partial charge >= 0.3 is 5.97 Å². The highest BCUT2D eigenvalue weighted by Gasteiger charge is 2.00. The number of thioether (sulfide) groups is 1. The van der Waals surface area contributed by atoms with Crippen molar-refractivity contribution in [3.05, 3.63) is 35.4 Å². The molecule has 1 aromatic carbocycles. The summed E-state index contributed by atoms with van der Waals surface area (Å²) in [6.07, 6.45) is 1.40. The molecular weight excluding hydrogens is 272 g/mol. The van der Waals surface area contributed by atoms with E-state index in [1.807, 2.05) is 0 Å². The van der Waals surface area contributed by atoms with Gasteiger partial charge in [-0.2, -0.15) is 0 Å². The molecule has 0 bridgehead atoms. The van der Waals surface area contributed by atoms with Crippen molar-refractivity contribution in [2.75, 3.05) is 24.6 Å². The summed E-state index contributed by atoms with van der Waals surface area (Å²) < 4.78 is 25.8. The van der Waals surface area contributed by atoms with Crippen LogP contribution in [-0.2, 0) is 11.2 Å². The minimum Gasteiger partial charge on any atom is -0.481 e. The fourth-order valence-corrected chi connectivity index (χ4v) is 2.21. The highest BCUT2D eigenvalue weighted by atomic mass is 32.2. The van der Waals surface area contributed by atoms with Gasteiger partial charge in [-0.05, 0) is 37.1 Å². The summed E-state index contributed by atoms with van der Waals surface area (Å²) >= 11 is 1.36. The van der Waals surface area contributed by atoms with Gasteiger partial charge in [0.25, 0.3) is 0 Å². The average molecular weight is 289 g/mol. The molecule has 0 radical (unpaired) electrons. The summed E-state index contributed by atoms with van der Waals surface area (Å²) in [7, 11) is 0. The number of hydrogen-bond acceptors (Lipinski definition) is 3. The Balaban J connectivity index is 2.06. The summed E-state index contributed by atoms with van der Waals surface area (Å²) in [5, 5.41) is 11.6. The van der Waals surface area contributed by atoms with Crippen LogP contribution < -0.4 is 5.32 Å². The van der Waals surface area contributed by atoms with Gasteiger partial charge in [-0.15, -0.1) is 11.8 Å². The third-order valence-corrected chi connectivity index (χ3v) is 3.33. The molecule has 1 rings (SSSR count). The van der Waals surface area contributed by atoms with E-state index in [0.717, 1.165) is 31.3 Å². The van der Waals surface area contributed by atoms with Gasteiger partial charge in [0, 0.05) is 18.4 Å². The van der Waals surface area contributed by atoms with Crippen LogP contribution in [-0.4, -0.2) is 35.7 Å². The molecule has 19 heavy (non-hydrogen) atoms. The standard InChI is InChI=1S/C13H17F2NO2S/c14-11-6-10(7-12(15)8-11)2-1-3-16-4-5-19-9-13(17)18/h6-8,16H,1-5,9H2,(H,17,18). The van der Waals surface area contributed by atoms with Crippen LogP contribution in [0, 0.1) is 11.6 Å². The fraction of sp³-hybridized carbons (Fsp3) is 0.462. The second kappa shape index (κ2) is 8.87. The second-order valence-corrected chi connectivity index (χ2v) is 5.18. The number of hydrogen-bond donors (Lipinski definition) is 2. The molecule has 3 nitrogen and oxygen atoms in total. The van der Waals surface area contributed by atoms with Crippen LogP contribution in [0.5, 0.6) is 0 Å². The normalized spacial score (nSPS) is 10.6. The van der Waals surface area contributed by atoms with Gasteiger partial charge in [-0.25, -0.2) is 8.78 Å². The molecule has 0 aliphatic rings. The zero-order valence-corrected chi connectivity index (χ0v) is 11.3. The predicted molar refractivity (Wildman–Crippen MR) is 72.5 cm³/mol. The van der Waals surface area contributed by atoms with Crippen LogP contribution >= 0.6 is 11.8 Å². The Kier molecular flexibility index (Phi) is 7.43. The minimum atomic E-state index is -0.807. The minimum absolute atomic E-state index is 0.115. The first-order valence-corrected chi connectivity index (χ1v) is 7.18. The zero-order chi connectivity index (χ0) is 14.1. The molecule has 0 saturated heterocycles. The molecule has 0 unspecified atom stereocenters. The van der Waals surface area contributed by atoms with Crippen molar-refractivity contribution in [1.29, 1.82) is 0 Å². The van der Waals surface area contributed by atoms with E-state index in [1.54, 1.807) is 0 Å². The van der Waals surface area contributed by atoms with Gasteiger partial charge in [0.1, 0.15) is 11.6 Å². The van der Waals surface area contributed by atoms with Crippen molar-refractivity contribution in [3.63, 3.8) is 0 Å².